The number of rotatable bonds is 3. The molecule has 1 N–H and O–H groups in total. The molecule has 0 spiro atoms. The summed E-state index contributed by atoms with van der Waals surface area (Å²) in [6.07, 6.45) is 6.65. The van der Waals surface area contributed by atoms with Crippen molar-refractivity contribution >= 4 is 0 Å². The minimum absolute atomic E-state index is 0.0545. The Morgan fingerprint density at radius 2 is 2.00 bits per heavy atom. The van der Waals surface area contributed by atoms with Crippen LogP contribution in [0.15, 0.2) is 18.3 Å². The van der Waals surface area contributed by atoms with Crippen LogP contribution in [0.25, 0.3) is 0 Å². The maximum Gasteiger partial charge on any atom is 0.115 e. The Labute approximate surface area is 95.5 Å². The first-order valence-corrected chi connectivity index (χ1v) is 5.95. The standard InChI is InChI=1S/C13H18FNO/c14-13(6-2-1-3-7-13)8-11-4-5-12(10-16)15-9-11/h4-5,9,16H,1-3,6-8,10H2. The molecule has 0 saturated heterocycles. The van der Waals surface area contributed by atoms with Crippen molar-refractivity contribution in [3.8, 4) is 0 Å². The van der Waals surface area contributed by atoms with Crippen LogP contribution in [-0.4, -0.2) is 15.8 Å². The number of aliphatic hydroxyl groups is 1. The summed E-state index contributed by atoms with van der Waals surface area (Å²) < 4.78 is 14.4. The highest BCUT2D eigenvalue weighted by atomic mass is 19.1. The third kappa shape index (κ3) is 2.79. The summed E-state index contributed by atoms with van der Waals surface area (Å²) in [7, 11) is 0. The zero-order valence-corrected chi connectivity index (χ0v) is 9.45. The Balaban J connectivity index is 2.01. The molecule has 0 unspecified atom stereocenters. The van der Waals surface area contributed by atoms with Crippen molar-refractivity contribution in [2.75, 3.05) is 0 Å². The third-order valence-electron chi connectivity index (χ3n) is 3.32. The first kappa shape index (κ1) is 11.5. The van der Waals surface area contributed by atoms with Gasteiger partial charge < -0.3 is 5.11 Å². The highest BCUT2D eigenvalue weighted by Crippen LogP contribution is 2.34. The smallest absolute Gasteiger partial charge is 0.115 e. The molecular weight excluding hydrogens is 205 g/mol. The molecule has 0 amide bonds. The fourth-order valence-corrected chi connectivity index (χ4v) is 2.38. The Bertz CT molecular complexity index is 330. The van der Waals surface area contributed by atoms with Gasteiger partial charge in [-0.15, -0.1) is 0 Å². The fraction of sp³-hybridized carbons (Fsp3) is 0.615. The van der Waals surface area contributed by atoms with Crippen LogP contribution in [0.1, 0.15) is 43.4 Å². The van der Waals surface area contributed by atoms with E-state index in [2.05, 4.69) is 4.98 Å². The molecule has 1 aliphatic rings. The Morgan fingerprint density at radius 3 is 2.56 bits per heavy atom. The van der Waals surface area contributed by atoms with E-state index in [9.17, 15) is 4.39 Å². The van der Waals surface area contributed by atoms with E-state index < -0.39 is 5.67 Å². The number of aliphatic hydroxyl groups excluding tert-OH is 1. The zero-order valence-electron chi connectivity index (χ0n) is 9.45. The zero-order chi connectivity index (χ0) is 11.4. The Hall–Kier alpha value is -0.960. The van der Waals surface area contributed by atoms with E-state index in [1.807, 2.05) is 6.07 Å². The van der Waals surface area contributed by atoms with E-state index in [0.29, 0.717) is 25.0 Å². The molecular formula is C13H18FNO. The average Bonchev–Trinajstić information content (AvgIpc) is 2.30. The molecule has 16 heavy (non-hydrogen) atoms. The number of aromatic nitrogens is 1. The molecule has 0 aromatic carbocycles. The predicted molar refractivity (Wildman–Crippen MR) is 60.8 cm³/mol. The van der Waals surface area contributed by atoms with E-state index >= 15 is 0 Å². The Morgan fingerprint density at radius 1 is 1.25 bits per heavy atom. The van der Waals surface area contributed by atoms with Gasteiger partial charge in [0.2, 0.25) is 0 Å². The third-order valence-corrected chi connectivity index (χ3v) is 3.32. The SMILES string of the molecule is OCc1ccc(CC2(F)CCCCC2)cn1. The molecule has 0 radical (unpaired) electrons. The van der Waals surface area contributed by atoms with Crippen LogP contribution in [-0.2, 0) is 13.0 Å². The normalized spacial score (nSPS) is 19.6. The van der Waals surface area contributed by atoms with Crippen molar-refractivity contribution in [1.29, 1.82) is 0 Å². The highest BCUT2D eigenvalue weighted by Gasteiger charge is 2.31. The molecule has 2 rings (SSSR count). The molecule has 0 bridgehead atoms. The van der Waals surface area contributed by atoms with E-state index in [4.69, 9.17) is 5.11 Å². The number of alkyl halides is 1. The van der Waals surface area contributed by atoms with Crippen LogP contribution in [0.4, 0.5) is 4.39 Å². The summed E-state index contributed by atoms with van der Waals surface area (Å²) >= 11 is 0. The summed E-state index contributed by atoms with van der Waals surface area (Å²) in [4.78, 5) is 4.08. The number of halogens is 1. The van der Waals surface area contributed by atoms with Crippen LogP contribution >= 0.6 is 0 Å². The molecule has 0 aliphatic heterocycles. The summed E-state index contributed by atoms with van der Waals surface area (Å²) in [5.74, 6) is 0. The number of hydrogen-bond donors (Lipinski definition) is 1. The molecule has 3 heteroatoms. The second kappa shape index (κ2) is 4.91. The van der Waals surface area contributed by atoms with Crippen LogP contribution in [0.3, 0.4) is 0 Å². The van der Waals surface area contributed by atoms with Crippen molar-refractivity contribution in [3.63, 3.8) is 0 Å². The van der Waals surface area contributed by atoms with Crippen LogP contribution in [0.2, 0.25) is 0 Å². The second-order valence-corrected chi connectivity index (χ2v) is 4.70. The van der Waals surface area contributed by atoms with Crippen molar-refractivity contribution in [3.05, 3.63) is 29.6 Å². The minimum atomic E-state index is -1.03. The maximum absolute atomic E-state index is 14.4. The van der Waals surface area contributed by atoms with Crippen molar-refractivity contribution in [2.24, 2.45) is 0 Å². The molecule has 0 atom stereocenters. The second-order valence-electron chi connectivity index (χ2n) is 4.70. The van der Waals surface area contributed by atoms with Gasteiger partial charge in [-0.05, 0) is 24.5 Å². The van der Waals surface area contributed by atoms with Gasteiger partial charge in [0.15, 0.2) is 0 Å². The number of pyridine rings is 1. The topological polar surface area (TPSA) is 33.1 Å². The molecule has 1 fully saturated rings. The highest BCUT2D eigenvalue weighted by molar-refractivity contribution is 5.16. The van der Waals surface area contributed by atoms with Gasteiger partial charge >= 0.3 is 0 Å². The lowest BCUT2D eigenvalue weighted by Gasteiger charge is -2.29. The van der Waals surface area contributed by atoms with E-state index in [1.54, 1.807) is 12.3 Å². The first-order chi connectivity index (χ1) is 7.72. The van der Waals surface area contributed by atoms with Crippen molar-refractivity contribution in [2.45, 2.75) is 50.8 Å². The minimum Gasteiger partial charge on any atom is -0.390 e. The van der Waals surface area contributed by atoms with Crippen LogP contribution in [0.5, 0.6) is 0 Å². The van der Waals surface area contributed by atoms with E-state index in [-0.39, 0.29) is 6.61 Å². The molecule has 1 heterocycles. The lowest BCUT2D eigenvalue weighted by Crippen LogP contribution is -2.28. The van der Waals surface area contributed by atoms with Gasteiger partial charge in [-0.3, -0.25) is 4.98 Å². The molecule has 1 aromatic heterocycles. The van der Waals surface area contributed by atoms with Gasteiger partial charge in [0, 0.05) is 12.6 Å². The molecule has 2 nitrogen and oxygen atoms in total. The van der Waals surface area contributed by atoms with E-state index in [1.165, 1.54) is 0 Å². The van der Waals surface area contributed by atoms with Gasteiger partial charge in [0.05, 0.1) is 12.3 Å². The summed E-state index contributed by atoms with van der Waals surface area (Å²) in [5.41, 5.74) is 0.544. The number of hydrogen-bond acceptors (Lipinski definition) is 2. The lowest BCUT2D eigenvalue weighted by atomic mass is 9.82. The van der Waals surface area contributed by atoms with Crippen molar-refractivity contribution in [1.82, 2.24) is 4.98 Å². The van der Waals surface area contributed by atoms with Gasteiger partial charge in [-0.2, -0.15) is 0 Å². The molecule has 1 aromatic rings. The van der Waals surface area contributed by atoms with Gasteiger partial charge in [-0.25, -0.2) is 4.39 Å². The molecule has 88 valence electrons. The first-order valence-electron chi connectivity index (χ1n) is 5.95. The maximum atomic E-state index is 14.4. The van der Waals surface area contributed by atoms with Crippen LogP contribution < -0.4 is 0 Å². The molecule has 1 saturated carbocycles. The largest absolute Gasteiger partial charge is 0.390 e. The quantitative estimate of drug-likeness (QED) is 0.854. The molecule has 1 aliphatic carbocycles. The Kier molecular flexibility index (Phi) is 3.54. The summed E-state index contributed by atoms with van der Waals surface area (Å²) in [6, 6.07) is 3.63. The number of nitrogens with zero attached hydrogens (tertiary/aromatic N) is 1. The predicted octanol–water partition coefficient (Wildman–Crippen LogP) is 2.79. The average molecular weight is 223 g/mol. The monoisotopic (exact) mass is 223 g/mol. The summed E-state index contributed by atoms with van der Waals surface area (Å²) in [5, 5.41) is 8.86. The van der Waals surface area contributed by atoms with Gasteiger partial charge in [0.1, 0.15) is 5.67 Å². The van der Waals surface area contributed by atoms with Gasteiger partial charge in [0.25, 0.3) is 0 Å². The fourth-order valence-electron chi connectivity index (χ4n) is 2.38. The van der Waals surface area contributed by atoms with E-state index in [0.717, 1.165) is 24.8 Å². The van der Waals surface area contributed by atoms with Crippen LogP contribution in [0, 0.1) is 0 Å². The van der Waals surface area contributed by atoms with Crippen molar-refractivity contribution < 1.29 is 9.50 Å². The van der Waals surface area contributed by atoms with Gasteiger partial charge in [-0.1, -0.05) is 25.3 Å². The lowest BCUT2D eigenvalue weighted by molar-refractivity contribution is 0.107. The summed E-state index contributed by atoms with van der Waals surface area (Å²) in [6.45, 7) is -0.0545.